The van der Waals surface area contributed by atoms with Crippen molar-refractivity contribution in [1.82, 2.24) is 15.5 Å². The number of hydrogen-bond donors (Lipinski definition) is 2. The van der Waals surface area contributed by atoms with E-state index in [1.807, 2.05) is 12.1 Å². The third kappa shape index (κ3) is 4.58. The first-order chi connectivity index (χ1) is 11.3. The minimum atomic E-state index is -0.596. The minimum Gasteiger partial charge on any atom is -0.444 e. The molecule has 1 aromatic heterocycles. The normalized spacial score (nSPS) is 12.5. The highest BCUT2D eigenvalue weighted by molar-refractivity contribution is 5.70. The Morgan fingerprint density at radius 3 is 2.75 bits per heavy atom. The standard InChI is InChI=1S/C17H22N4O3/c1-5-8-13(19-16(22)24-17(2,3)4)15-21-20-14(23-15)11-9-6-7-10-12(11)18/h5-7,9-10,13H,1,8,18H2,2-4H3,(H,19,22). The molecular formula is C17H22N4O3. The highest BCUT2D eigenvalue weighted by atomic mass is 16.6. The molecule has 1 heterocycles. The Balaban J connectivity index is 2.19. The van der Waals surface area contributed by atoms with Crippen LogP contribution in [0.1, 0.15) is 39.1 Å². The predicted octanol–water partition coefficient (Wildman–Crippen LogP) is 3.46. The average Bonchev–Trinajstić information content (AvgIpc) is 2.95. The smallest absolute Gasteiger partial charge is 0.408 e. The molecule has 0 saturated heterocycles. The molecule has 7 nitrogen and oxygen atoms in total. The first-order valence-electron chi connectivity index (χ1n) is 7.59. The van der Waals surface area contributed by atoms with E-state index in [2.05, 4.69) is 22.1 Å². The number of anilines is 1. The number of benzene rings is 1. The molecule has 0 bridgehead atoms. The van der Waals surface area contributed by atoms with Crippen molar-refractivity contribution in [3.8, 4) is 11.5 Å². The van der Waals surface area contributed by atoms with Crippen LogP contribution in [0.3, 0.4) is 0 Å². The van der Waals surface area contributed by atoms with Gasteiger partial charge in [-0.05, 0) is 39.3 Å². The van der Waals surface area contributed by atoms with E-state index in [1.54, 1.807) is 39.0 Å². The summed E-state index contributed by atoms with van der Waals surface area (Å²) in [5.74, 6) is 0.558. The van der Waals surface area contributed by atoms with Crippen LogP contribution in [-0.4, -0.2) is 21.9 Å². The van der Waals surface area contributed by atoms with E-state index in [1.165, 1.54) is 0 Å². The maximum atomic E-state index is 12.0. The number of amides is 1. The van der Waals surface area contributed by atoms with Crippen molar-refractivity contribution in [1.29, 1.82) is 0 Å². The van der Waals surface area contributed by atoms with Gasteiger partial charge in [-0.2, -0.15) is 0 Å². The Kier molecular flexibility index (Phi) is 5.23. The van der Waals surface area contributed by atoms with Gasteiger partial charge in [0, 0.05) is 5.69 Å². The molecule has 1 amide bonds. The number of carbonyl (C=O) groups excluding carboxylic acids is 1. The number of ether oxygens (including phenoxy) is 1. The molecule has 2 aromatic rings. The molecular weight excluding hydrogens is 308 g/mol. The van der Waals surface area contributed by atoms with Crippen molar-refractivity contribution in [2.75, 3.05) is 5.73 Å². The summed E-state index contributed by atoms with van der Waals surface area (Å²) in [6.45, 7) is 9.05. The van der Waals surface area contributed by atoms with Gasteiger partial charge in [0.1, 0.15) is 11.6 Å². The lowest BCUT2D eigenvalue weighted by Gasteiger charge is -2.21. The summed E-state index contributed by atoms with van der Waals surface area (Å²) < 4.78 is 10.9. The number of hydrogen-bond acceptors (Lipinski definition) is 6. The van der Waals surface area contributed by atoms with Crippen molar-refractivity contribution in [3.63, 3.8) is 0 Å². The first kappa shape index (κ1) is 17.5. The monoisotopic (exact) mass is 330 g/mol. The molecule has 24 heavy (non-hydrogen) atoms. The number of para-hydroxylation sites is 1. The van der Waals surface area contributed by atoms with Crippen LogP contribution < -0.4 is 11.1 Å². The van der Waals surface area contributed by atoms with Gasteiger partial charge in [0.15, 0.2) is 0 Å². The molecule has 0 radical (unpaired) electrons. The van der Waals surface area contributed by atoms with Crippen LogP contribution in [0.5, 0.6) is 0 Å². The fourth-order valence-corrected chi connectivity index (χ4v) is 2.01. The molecule has 1 aromatic carbocycles. The topological polar surface area (TPSA) is 103 Å². The van der Waals surface area contributed by atoms with Crippen molar-refractivity contribution in [2.24, 2.45) is 0 Å². The fourth-order valence-electron chi connectivity index (χ4n) is 2.01. The summed E-state index contributed by atoms with van der Waals surface area (Å²) in [4.78, 5) is 12.0. The van der Waals surface area contributed by atoms with Crippen LogP contribution in [0.25, 0.3) is 11.5 Å². The molecule has 128 valence electrons. The zero-order valence-electron chi connectivity index (χ0n) is 14.1. The number of aromatic nitrogens is 2. The second-order valence-corrected chi connectivity index (χ2v) is 6.26. The Labute approximate surface area is 140 Å². The number of alkyl carbamates (subject to hydrolysis) is 1. The SMILES string of the molecule is C=CCC(NC(=O)OC(C)(C)C)c1nnc(-c2ccccc2N)o1. The van der Waals surface area contributed by atoms with Crippen LogP contribution in [0.4, 0.5) is 10.5 Å². The van der Waals surface area contributed by atoms with Crippen LogP contribution in [0.2, 0.25) is 0 Å². The Hall–Kier alpha value is -2.83. The fraction of sp³-hybridized carbons (Fsp3) is 0.353. The molecule has 0 spiro atoms. The van der Waals surface area contributed by atoms with E-state index in [0.717, 1.165) is 0 Å². The highest BCUT2D eigenvalue weighted by Crippen LogP contribution is 2.26. The van der Waals surface area contributed by atoms with Crippen LogP contribution in [-0.2, 0) is 4.74 Å². The molecule has 1 atom stereocenters. The third-order valence-corrected chi connectivity index (χ3v) is 3.02. The number of carbonyl (C=O) groups is 1. The van der Waals surface area contributed by atoms with Crippen molar-refractivity contribution >= 4 is 11.8 Å². The van der Waals surface area contributed by atoms with Crippen molar-refractivity contribution in [2.45, 2.75) is 38.8 Å². The number of nitrogens with one attached hydrogen (secondary N) is 1. The quantitative estimate of drug-likeness (QED) is 0.643. The third-order valence-electron chi connectivity index (χ3n) is 3.02. The Morgan fingerprint density at radius 1 is 1.42 bits per heavy atom. The number of nitrogen functional groups attached to an aromatic ring is 1. The minimum absolute atomic E-state index is 0.263. The summed E-state index contributed by atoms with van der Waals surface area (Å²) in [7, 11) is 0. The van der Waals surface area contributed by atoms with Gasteiger partial charge in [0.25, 0.3) is 0 Å². The summed E-state index contributed by atoms with van der Waals surface area (Å²) >= 11 is 0. The van der Waals surface area contributed by atoms with Crippen molar-refractivity contribution in [3.05, 3.63) is 42.8 Å². The van der Waals surface area contributed by atoms with Gasteiger partial charge in [-0.25, -0.2) is 4.79 Å². The van der Waals surface area contributed by atoms with Gasteiger partial charge in [-0.15, -0.1) is 16.8 Å². The van der Waals surface area contributed by atoms with Crippen LogP contribution in [0, 0.1) is 0 Å². The highest BCUT2D eigenvalue weighted by Gasteiger charge is 2.24. The lowest BCUT2D eigenvalue weighted by molar-refractivity contribution is 0.0496. The summed E-state index contributed by atoms with van der Waals surface area (Å²) in [6, 6.07) is 6.66. The zero-order valence-corrected chi connectivity index (χ0v) is 14.1. The molecule has 1 unspecified atom stereocenters. The van der Waals surface area contributed by atoms with Crippen molar-refractivity contribution < 1.29 is 13.9 Å². The largest absolute Gasteiger partial charge is 0.444 e. The van der Waals surface area contributed by atoms with Crippen LogP contribution in [0.15, 0.2) is 41.3 Å². The molecule has 0 fully saturated rings. The molecule has 0 aliphatic carbocycles. The molecule has 3 N–H and O–H groups in total. The van der Waals surface area contributed by atoms with E-state index in [9.17, 15) is 4.79 Å². The van der Waals surface area contributed by atoms with Gasteiger partial charge in [0.2, 0.25) is 11.8 Å². The van der Waals surface area contributed by atoms with Gasteiger partial charge < -0.3 is 20.2 Å². The lowest BCUT2D eigenvalue weighted by atomic mass is 10.2. The van der Waals surface area contributed by atoms with E-state index < -0.39 is 17.7 Å². The summed E-state index contributed by atoms with van der Waals surface area (Å²) in [5, 5.41) is 10.7. The number of rotatable bonds is 5. The summed E-state index contributed by atoms with van der Waals surface area (Å²) in [6.07, 6.45) is 1.52. The zero-order chi connectivity index (χ0) is 17.7. The molecule has 0 saturated carbocycles. The predicted molar refractivity (Wildman–Crippen MR) is 91.1 cm³/mol. The molecule has 7 heteroatoms. The van der Waals surface area contributed by atoms with Gasteiger partial charge in [-0.3, -0.25) is 0 Å². The number of nitrogens with two attached hydrogens (primary N) is 1. The molecule has 0 aliphatic heterocycles. The van der Waals surface area contributed by atoms with E-state index in [4.69, 9.17) is 14.9 Å². The molecule has 0 aliphatic rings. The summed E-state index contributed by atoms with van der Waals surface area (Å²) in [5.41, 5.74) is 6.50. The Morgan fingerprint density at radius 2 is 2.12 bits per heavy atom. The van der Waals surface area contributed by atoms with Gasteiger partial charge in [-0.1, -0.05) is 18.2 Å². The van der Waals surface area contributed by atoms with Gasteiger partial charge >= 0.3 is 6.09 Å². The maximum absolute atomic E-state index is 12.0. The number of nitrogens with zero attached hydrogens (tertiary/aromatic N) is 2. The van der Waals surface area contributed by atoms with E-state index >= 15 is 0 Å². The second kappa shape index (κ2) is 7.16. The van der Waals surface area contributed by atoms with E-state index in [0.29, 0.717) is 23.6 Å². The van der Waals surface area contributed by atoms with Crippen LogP contribution >= 0.6 is 0 Å². The second-order valence-electron chi connectivity index (χ2n) is 6.26. The molecule has 2 rings (SSSR count). The average molecular weight is 330 g/mol. The Bertz CT molecular complexity index is 719. The first-order valence-corrected chi connectivity index (χ1v) is 7.59. The lowest BCUT2D eigenvalue weighted by Crippen LogP contribution is -2.35. The maximum Gasteiger partial charge on any atom is 0.408 e. The van der Waals surface area contributed by atoms with Gasteiger partial charge in [0.05, 0.1) is 5.56 Å². The van der Waals surface area contributed by atoms with E-state index in [-0.39, 0.29) is 5.89 Å².